The highest BCUT2D eigenvalue weighted by Gasteiger charge is 2.05. The predicted molar refractivity (Wildman–Crippen MR) is 72.7 cm³/mol. The fourth-order valence-electron chi connectivity index (χ4n) is 1.28. The average molecular weight is 314 g/mol. The molecule has 0 aliphatic rings. The molecule has 0 aliphatic carbocycles. The summed E-state index contributed by atoms with van der Waals surface area (Å²) in [5.41, 5.74) is 1.10. The van der Waals surface area contributed by atoms with E-state index in [1.54, 1.807) is 0 Å². The predicted octanol–water partition coefficient (Wildman–Crippen LogP) is 3.23. The minimum absolute atomic E-state index is 0.441. The molecule has 4 nitrogen and oxygen atoms in total. The number of nitrogens with zero attached hydrogens (tertiary/aromatic N) is 2. The van der Waals surface area contributed by atoms with E-state index >= 15 is 0 Å². The number of anilines is 1. The van der Waals surface area contributed by atoms with E-state index in [0.29, 0.717) is 6.61 Å². The summed E-state index contributed by atoms with van der Waals surface area (Å²) < 4.78 is 6.72. The number of rotatable bonds is 4. The van der Waals surface area contributed by atoms with Crippen LogP contribution in [0.1, 0.15) is 10.6 Å². The van der Waals surface area contributed by atoms with Crippen LogP contribution in [0.5, 0.6) is 5.75 Å². The van der Waals surface area contributed by atoms with E-state index in [9.17, 15) is 0 Å². The fraction of sp³-hybridized carbons (Fsp3) is 0.273. The second kappa shape index (κ2) is 5.46. The van der Waals surface area contributed by atoms with Gasteiger partial charge in [0.05, 0.1) is 0 Å². The normalized spacial score (nSPS) is 10.3. The topological polar surface area (TPSA) is 47.0 Å². The number of nitrogens with one attached hydrogen (secondary N) is 1. The zero-order chi connectivity index (χ0) is 12.3. The molecule has 1 aromatic heterocycles. The van der Waals surface area contributed by atoms with Crippen molar-refractivity contribution in [1.82, 2.24) is 10.2 Å². The first kappa shape index (κ1) is 12.3. The molecule has 17 heavy (non-hydrogen) atoms. The molecule has 2 aromatic rings. The second-order valence-electron chi connectivity index (χ2n) is 3.45. The van der Waals surface area contributed by atoms with Gasteiger partial charge in [-0.05, 0) is 24.6 Å². The van der Waals surface area contributed by atoms with E-state index in [0.717, 1.165) is 25.9 Å². The highest BCUT2D eigenvalue weighted by Crippen LogP contribution is 2.24. The number of benzene rings is 1. The van der Waals surface area contributed by atoms with Gasteiger partial charge in [0, 0.05) is 11.5 Å². The summed E-state index contributed by atoms with van der Waals surface area (Å²) >= 11 is 4.91. The Bertz CT molecular complexity index is 515. The summed E-state index contributed by atoms with van der Waals surface area (Å²) in [6, 6.07) is 5.96. The van der Waals surface area contributed by atoms with E-state index < -0.39 is 0 Å². The fourth-order valence-corrected chi connectivity index (χ4v) is 2.23. The van der Waals surface area contributed by atoms with E-state index in [4.69, 9.17) is 4.74 Å². The summed E-state index contributed by atoms with van der Waals surface area (Å²) in [4.78, 5) is 0. The Labute approximate surface area is 112 Å². The van der Waals surface area contributed by atoms with E-state index in [-0.39, 0.29) is 0 Å². The van der Waals surface area contributed by atoms with Crippen molar-refractivity contribution in [3.05, 3.63) is 33.2 Å². The first-order chi connectivity index (χ1) is 8.19. The average Bonchev–Trinajstić information content (AvgIpc) is 2.78. The van der Waals surface area contributed by atoms with Gasteiger partial charge in [-0.15, -0.1) is 10.2 Å². The zero-order valence-corrected chi connectivity index (χ0v) is 11.9. The molecule has 0 spiro atoms. The van der Waals surface area contributed by atoms with E-state index in [2.05, 4.69) is 31.4 Å². The van der Waals surface area contributed by atoms with Crippen molar-refractivity contribution in [3.8, 4) is 5.75 Å². The molecule has 0 unspecified atom stereocenters. The number of hydrogen-bond donors (Lipinski definition) is 1. The molecule has 0 saturated carbocycles. The van der Waals surface area contributed by atoms with Crippen LogP contribution in [0.3, 0.4) is 0 Å². The molecule has 6 heteroatoms. The van der Waals surface area contributed by atoms with E-state index in [1.165, 1.54) is 11.3 Å². The molecular weight excluding hydrogens is 302 g/mol. The molecule has 0 bridgehead atoms. The third-order valence-electron chi connectivity index (χ3n) is 2.18. The van der Waals surface area contributed by atoms with Gasteiger partial charge in [-0.3, -0.25) is 0 Å². The van der Waals surface area contributed by atoms with Gasteiger partial charge in [-0.25, -0.2) is 0 Å². The van der Waals surface area contributed by atoms with Crippen LogP contribution in [0.2, 0.25) is 0 Å². The van der Waals surface area contributed by atoms with Crippen LogP contribution < -0.4 is 10.1 Å². The lowest BCUT2D eigenvalue weighted by molar-refractivity contribution is 0.302. The van der Waals surface area contributed by atoms with Crippen molar-refractivity contribution in [3.63, 3.8) is 0 Å². The first-order valence-corrected chi connectivity index (χ1v) is 6.69. The highest BCUT2D eigenvalue weighted by atomic mass is 79.9. The van der Waals surface area contributed by atoms with Crippen LogP contribution in [0.15, 0.2) is 22.7 Å². The Balaban J connectivity index is 2.04. The summed E-state index contributed by atoms with van der Waals surface area (Å²) in [6.45, 7) is 2.46. The molecule has 0 aliphatic heterocycles. The number of halogens is 1. The first-order valence-electron chi connectivity index (χ1n) is 5.08. The van der Waals surface area contributed by atoms with Crippen molar-refractivity contribution in [1.29, 1.82) is 0 Å². The lowest BCUT2D eigenvalue weighted by atomic mass is 10.2. The van der Waals surface area contributed by atoms with Crippen LogP contribution >= 0.6 is 27.3 Å². The largest absolute Gasteiger partial charge is 0.486 e. The monoisotopic (exact) mass is 313 g/mol. The molecule has 0 amide bonds. The molecule has 1 aromatic carbocycles. The van der Waals surface area contributed by atoms with Crippen molar-refractivity contribution in [2.75, 3.05) is 12.4 Å². The van der Waals surface area contributed by atoms with Gasteiger partial charge < -0.3 is 10.1 Å². The van der Waals surface area contributed by atoms with Gasteiger partial charge in [-0.1, -0.05) is 33.3 Å². The van der Waals surface area contributed by atoms with Gasteiger partial charge in [-0.2, -0.15) is 0 Å². The Morgan fingerprint density at radius 2 is 2.24 bits per heavy atom. The molecule has 0 radical (unpaired) electrons. The molecule has 1 N–H and O–H groups in total. The standard InChI is InChI=1S/C11H12BrN3OS/c1-7-3-4-8(12)5-9(7)16-6-10-14-15-11(13-2)17-10/h3-5H,6H2,1-2H3,(H,13,15). The van der Waals surface area contributed by atoms with Crippen LogP contribution in [0.25, 0.3) is 0 Å². The number of aromatic nitrogens is 2. The lowest BCUT2D eigenvalue weighted by Gasteiger charge is -2.07. The molecular formula is C11H12BrN3OS. The van der Waals surface area contributed by atoms with Crippen LogP contribution in [0, 0.1) is 6.92 Å². The Morgan fingerprint density at radius 3 is 2.94 bits per heavy atom. The molecule has 0 fully saturated rings. The van der Waals surface area contributed by atoms with Crippen LogP contribution in [0.4, 0.5) is 5.13 Å². The Hall–Kier alpha value is -1.14. The van der Waals surface area contributed by atoms with Crippen molar-refractivity contribution < 1.29 is 4.74 Å². The second-order valence-corrected chi connectivity index (χ2v) is 5.43. The van der Waals surface area contributed by atoms with Crippen LogP contribution in [-0.4, -0.2) is 17.2 Å². The van der Waals surface area contributed by atoms with Gasteiger partial charge in [0.2, 0.25) is 5.13 Å². The van der Waals surface area contributed by atoms with E-state index in [1.807, 2.05) is 32.2 Å². The van der Waals surface area contributed by atoms with Crippen molar-refractivity contribution in [2.45, 2.75) is 13.5 Å². The highest BCUT2D eigenvalue weighted by molar-refractivity contribution is 9.10. The smallest absolute Gasteiger partial charge is 0.205 e. The van der Waals surface area contributed by atoms with Gasteiger partial charge in [0.15, 0.2) is 5.01 Å². The van der Waals surface area contributed by atoms with Crippen molar-refractivity contribution in [2.24, 2.45) is 0 Å². The number of ether oxygens (including phenoxy) is 1. The SMILES string of the molecule is CNc1nnc(COc2cc(Br)ccc2C)s1. The minimum Gasteiger partial charge on any atom is -0.486 e. The lowest BCUT2D eigenvalue weighted by Crippen LogP contribution is -1.96. The molecule has 0 saturated heterocycles. The third kappa shape index (κ3) is 3.17. The molecule has 0 atom stereocenters. The van der Waals surface area contributed by atoms with Gasteiger partial charge in [0.25, 0.3) is 0 Å². The summed E-state index contributed by atoms with van der Waals surface area (Å²) in [5, 5.41) is 12.6. The molecule has 1 heterocycles. The molecule has 2 rings (SSSR count). The Morgan fingerprint density at radius 1 is 1.41 bits per heavy atom. The number of aryl methyl sites for hydroxylation is 1. The summed E-state index contributed by atoms with van der Waals surface area (Å²) in [5.74, 6) is 0.862. The summed E-state index contributed by atoms with van der Waals surface area (Å²) in [6.07, 6.45) is 0. The summed E-state index contributed by atoms with van der Waals surface area (Å²) in [7, 11) is 1.82. The maximum atomic E-state index is 5.71. The van der Waals surface area contributed by atoms with Gasteiger partial charge in [0.1, 0.15) is 12.4 Å². The maximum absolute atomic E-state index is 5.71. The minimum atomic E-state index is 0.441. The number of hydrogen-bond acceptors (Lipinski definition) is 5. The Kier molecular flexibility index (Phi) is 3.96. The van der Waals surface area contributed by atoms with Gasteiger partial charge >= 0.3 is 0 Å². The quantitative estimate of drug-likeness (QED) is 0.941. The zero-order valence-electron chi connectivity index (χ0n) is 9.53. The van der Waals surface area contributed by atoms with Crippen molar-refractivity contribution >= 4 is 32.4 Å². The van der Waals surface area contributed by atoms with Crippen LogP contribution in [-0.2, 0) is 6.61 Å². The molecule has 90 valence electrons. The third-order valence-corrected chi connectivity index (χ3v) is 3.59. The maximum Gasteiger partial charge on any atom is 0.205 e.